The van der Waals surface area contributed by atoms with Gasteiger partial charge in [-0.1, -0.05) is 12.1 Å². The molecule has 0 radical (unpaired) electrons. The number of aryl methyl sites for hydroxylation is 1. The monoisotopic (exact) mass is 239 g/mol. The van der Waals surface area contributed by atoms with Gasteiger partial charge < -0.3 is 19.9 Å². The van der Waals surface area contributed by atoms with Crippen molar-refractivity contribution in [1.82, 2.24) is 0 Å². The molecule has 0 bridgehead atoms. The van der Waals surface area contributed by atoms with Crippen molar-refractivity contribution in [3.8, 4) is 0 Å². The minimum Gasteiger partial charge on any atom is -0.396 e. The molecule has 0 heterocycles. The van der Waals surface area contributed by atoms with Crippen LogP contribution in [0.25, 0.3) is 0 Å². The summed E-state index contributed by atoms with van der Waals surface area (Å²) < 4.78 is 10.2. The highest BCUT2D eigenvalue weighted by molar-refractivity contribution is 5.45. The second-order valence-corrected chi connectivity index (χ2v) is 3.81. The van der Waals surface area contributed by atoms with Crippen LogP contribution in [0.15, 0.2) is 24.3 Å². The van der Waals surface area contributed by atoms with Gasteiger partial charge in [0.15, 0.2) is 6.29 Å². The predicted molar refractivity (Wildman–Crippen MR) is 68.1 cm³/mol. The van der Waals surface area contributed by atoms with Crippen LogP contribution in [-0.2, 0) is 15.9 Å². The van der Waals surface area contributed by atoms with E-state index in [1.54, 1.807) is 14.2 Å². The highest BCUT2D eigenvalue weighted by Crippen LogP contribution is 2.12. The third-order valence-corrected chi connectivity index (χ3v) is 2.55. The smallest absolute Gasteiger partial charge is 0.173 e. The lowest BCUT2D eigenvalue weighted by molar-refractivity contribution is -0.0914. The van der Waals surface area contributed by atoms with E-state index in [4.69, 9.17) is 14.6 Å². The van der Waals surface area contributed by atoms with Crippen LogP contribution in [0.2, 0.25) is 0 Å². The summed E-state index contributed by atoms with van der Waals surface area (Å²) in [4.78, 5) is 0. The fourth-order valence-electron chi connectivity index (χ4n) is 1.58. The minimum absolute atomic E-state index is 0.229. The third-order valence-electron chi connectivity index (χ3n) is 2.55. The maximum atomic E-state index is 8.79. The quantitative estimate of drug-likeness (QED) is 0.677. The number of nitrogens with one attached hydrogen (secondary N) is 1. The van der Waals surface area contributed by atoms with Crippen molar-refractivity contribution in [2.45, 2.75) is 19.1 Å². The lowest BCUT2D eigenvalue weighted by Gasteiger charge is -2.15. The number of hydrogen-bond acceptors (Lipinski definition) is 4. The van der Waals surface area contributed by atoms with E-state index < -0.39 is 0 Å². The average Bonchev–Trinajstić information content (AvgIpc) is 2.38. The standard InChI is InChI=1S/C13H21NO3/c1-16-13(17-2)10-14-12-7-3-5-11(9-12)6-4-8-15/h3,5,7,9,13-15H,4,6,8,10H2,1-2H3. The van der Waals surface area contributed by atoms with Crippen molar-refractivity contribution in [2.24, 2.45) is 0 Å². The third kappa shape index (κ3) is 5.17. The van der Waals surface area contributed by atoms with Crippen LogP contribution in [0.3, 0.4) is 0 Å². The summed E-state index contributed by atoms with van der Waals surface area (Å²) >= 11 is 0. The molecule has 1 aromatic rings. The summed E-state index contributed by atoms with van der Waals surface area (Å²) in [6.45, 7) is 0.837. The Hall–Kier alpha value is -1.10. The Morgan fingerprint density at radius 3 is 2.71 bits per heavy atom. The number of methoxy groups -OCH3 is 2. The number of rotatable bonds is 8. The van der Waals surface area contributed by atoms with Gasteiger partial charge in [-0.15, -0.1) is 0 Å². The van der Waals surface area contributed by atoms with E-state index in [9.17, 15) is 0 Å². The van der Waals surface area contributed by atoms with Crippen molar-refractivity contribution in [2.75, 3.05) is 32.7 Å². The summed E-state index contributed by atoms with van der Waals surface area (Å²) in [5.74, 6) is 0. The molecule has 2 N–H and O–H groups in total. The van der Waals surface area contributed by atoms with Crippen LogP contribution in [-0.4, -0.2) is 38.8 Å². The lowest BCUT2D eigenvalue weighted by atomic mass is 10.1. The second kappa shape index (κ2) is 8.06. The van der Waals surface area contributed by atoms with Crippen LogP contribution in [0.1, 0.15) is 12.0 Å². The van der Waals surface area contributed by atoms with Gasteiger partial charge in [0, 0.05) is 26.5 Å². The maximum Gasteiger partial charge on any atom is 0.173 e. The Bertz CT molecular complexity index is 313. The summed E-state index contributed by atoms with van der Waals surface area (Å²) in [7, 11) is 3.24. The number of benzene rings is 1. The van der Waals surface area contributed by atoms with Gasteiger partial charge in [0.25, 0.3) is 0 Å². The van der Waals surface area contributed by atoms with E-state index >= 15 is 0 Å². The van der Waals surface area contributed by atoms with Crippen molar-refractivity contribution in [3.63, 3.8) is 0 Å². The molecule has 0 aromatic heterocycles. The van der Waals surface area contributed by atoms with Gasteiger partial charge in [0.1, 0.15) is 0 Å². The molecule has 4 nitrogen and oxygen atoms in total. The van der Waals surface area contributed by atoms with Crippen molar-refractivity contribution in [1.29, 1.82) is 0 Å². The zero-order valence-corrected chi connectivity index (χ0v) is 10.5. The van der Waals surface area contributed by atoms with Gasteiger partial charge in [-0.25, -0.2) is 0 Å². The fourth-order valence-corrected chi connectivity index (χ4v) is 1.58. The van der Waals surface area contributed by atoms with E-state index in [1.165, 1.54) is 5.56 Å². The Morgan fingerprint density at radius 1 is 1.29 bits per heavy atom. The first-order valence-corrected chi connectivity index (χ1v) is 5.79. The summed E-state index contributed by atoms with van der Waals surface area (Å²) in [5.41, 5.74) is 2.26. The van der Waals surface area contributed by atoms with Crippen LogP contribution in [0.5, 0.6) is 0 Å². The topological polar surface area (TPSA) is 50.7 Å². The first-order chi connectivity index (χ1) is 8.30. The van der Waals surface area contributed by atoms with Gasteiger partial charge in [0.05, 0.1) is 6.54 Å². The number of hydrogen-bond donors (Lipinski definition) is 2. The van der Waals surface area contributed by atoms with Crippen molar-refractivity contribution < 1.29 is 14.6 Å². The molecule has 0 aliphatic heterocycles. The Balaban J connectivity index is 2.47. The number of aliphatic hydroxyl groups excluding tert-OH is 1. The highest BCUT2D eigenvalue weighted by atomic mass is 16.7. The summed E-state index contributed by atoms with van der Waals surface area (Å²) in [5, 5.41) is 12.0. The molecule has 1 rings (SSSR count). The predicted octanol–water partition coefficient (Wildman–Crippen LogP) is 1.64. The van der Waals surface area contributed by atoms with E-state index in [0.717, 1.165) is 18.5 Å². The largest absolute Gasteiger partial charge is 0.396 e. The average molecular weight is 239 g/mol. The van der Waals surface area contributed by atoms with Crippen LogP contribution in [0.4, 0.5) is 5.69 Å². The number of anilines is 1. The Morgan fingerprint density at radius 2 is 2.06 bits per heavy atom. The van der Waals surface area contributed by atoms with Crippen LogP contribution >= 0.6 is 0 Å². The summed E-state index contributed by atoms with van der Waals surface area (Å²) in [6, 6.07) is 8.15. The number of ether oxygens (including phenoxy) is 2. The summed E-state index contributed by atoms with van der Waals surface area (Å²) in [6.07, 6.45) is 1.45. The maximum absolute atomic E-state index is 8.79. The van der Waals surface area contributed by atoms with Gasteiger partial charge >= 0.3 is 0 Å². The van der Waals surface area contributed by atoms with E-state index in [2.05, 4.69) is 17.4 Å². The van der Waals surface area contributed by atoms with E-state index in [1.807, 2.05) is 12.1 Å². The van der Waals surface area contributed by atoms with E-state index in [0.29, 0.717) is 6.54 Å². The van der Waals surface area contributed by atoms with Gasteiger partial charge in [-0.2, -0.15) is 0 Å². The molecular formula is C13H21NO3. The molecule has 0 atom stereocenters. The Labute approximate surface area is 103 Å². The first-order valence-electron chi connectivity index (χ1n) is 5.79. The minimum atomic E-state index is -0.240. The normalized spacial score (nSPS) is 10.8. The van der Waals surface area contributed by atoms with Crippen LogP contribution < -0.4 is 5.32 Å². The molecular weight excluding hydrogens is 218 g/mol. The molecule has 0 aliphatic rings. The molecule has 0 unspecified atom stereocenters. The molecule has 0 spiro atoms. The first kappa shape index (κ1) is 14.0. The van der Waals surface area contributed by atoms with E-state index in [-0.39, 0.29) is 12.9 Å². The molecule has 0 saturated heterocycles. The van der Waals surface area contributed by atoms with Crippen molar-refractivity contribution in [3.05, 3.63) is 29.8 Å². The van der Waals surface area contributed by atoms with Crippen LogP contribution in [0, 0.1) is 0 Å². The fraction of sp³-hybridized carbons (Fsp3) is 0.538. The molecule has 0 fully saturated rings. The zero-order valence-electron chi connectivity index (χ0n) is 10.5. The lowest BCUT2D eigenvalue weighted by Crippen LogP contribution is -2.23. The number of aliphatic hydroxyl groups is 1. The second-order valence-electron chi connectivity index (χ2n) is 3.81. The molecule has 1 aromatic carbocycles. The molecule has 0 aliphatic carbocycles. The van der Waals surface area contributed by atoms with Gasteiger partial charge in [-0.3, -0.25) is 0 Å². The molecule has 0 amide bonds. The SMILES string of the molecule is COC(CNc1cccc(CCCO)c1)OC. The molecule has 17 heavy (non-hydrogen) atoms. The highest BCUT2D eigenvalue weighted by Gasteiger charge is 2.04. The van der Waals surface area contributed by atoms with Gasteiger partial charge in [-0.05, 0) is 30.5 Å². The van der Waals surface area contributed by atoms with Gasteiger partial charge in [0.2, 0.25) is 0 Å². The molecule has 4 heteroatoms. The Kier molecular flexibility index (Phi) is 6.62. The zero-order chi connectivity index (χ0) is 12.5. The molecule has 96 valence electrons. The molecule has 0 saturated carbocycles. The van der Waals surface area contributed by atoms with Crippen molar-refractivity contribution >= 4 is 5.69 Å².